The van der Waals surface area contributed by atoms with Gasteiger partial charge in [-0.15, -0.1) is 0 Å². The van der Waals surface area contributed by atoms with Crippen molar-refractivity contribution in [1.29, 1.82) is 0 Å². The molecule has 8 nitrogen and oxygen atoms in total. The van der Waals surface area contributed by atoms with Gasteiger partial charge in [-0.1, -0.05) is 12.1 Å². The minimum absolute atomic E-state index is 0.132. The summed E-state index contributed by atoms with van der Waals surface area (Å²) >= 11 is 0. The molecule has 1 aliphatic heterocycles. The second-order valence-corrected chi connectivity index (χ2v) is 6.97. The first-order valence-electron chi connectivity index (χ1n) is 9.18. The zero-order chi connectivity index (χ0) is 18.8. The summed E-state index contributed by atoms with van der Waals surface area (Å²) in [5.74, 6) is 0.838. The van der Waals surface area contributed by atoms with Crippen LogP contribution in [-0.4, -0.2) is 38.9 Å². The Labute approximate surface area is 155 Å². The van der Waals surface area contributed by atoms with Gasteiger partial charge in [-0.25, -0.2) is 9.78 Å². The van der Waals surface area contributed by atoms with Gasteiger partial charge in [-0.05, 0) is 30.9 Å². The third kappa shape index (κ3) is 3.66. The lowest BCUT2D eigenvalue weighted by molar-refractivity contribution is 0.0594. The third-order valence-electron chi connectivity index (χ3n) is 4.98. The number of hydrogen-bond acceptors (Lipinski definition) is 5. The molecule has 0 spiro atoms. The van der Waals surface area contributed by atoms with Crippen molar-refractivity contribution in [3.05, 3.63) is 56.9 Å². The summed E-state index contributed by atoms with van der Waals surface area (Å²) < 4.78 is 8.72. The predicted molar refractivity (Wildman–Crippen MR) is 103 cm³/mol. The molecular weight excluding hydrogens is 346 g/mol. The van der Waals surface area contributed by atoms with Crippen LogP contribution in [0, 0.1) is 5.92 Å². The summed E-state index contributed by atoms with van der Waals surface area (Å²) in [5, 5.41) is 3.20. The van der Waals surface area contributed by atoms with Crippen LogP contribution >= 0.6 is 0 Å². The van der Waals surface area contributed by atoms with Crippen molar-refractivity contribution in [3.8, 4) is 0 Å². The molecule has 142 valence electrons. The van der Waals surface area contributed by atoms with Crippen LogP contribution in [0.15, 0.2) is 39.9 Å². The maximum absolute atomic E-state index is 12.6. The van der Waals surface area contributed by atoms with Crippen LogP contribution in [0.2, 0.25) is 0 Å². The van der Waals surface area contributed by atoms with Crippen molar-refractivity contribution < 1.29 is 4.74 Å². The molecule has 1 fully saturated rings. The molecule has 4 rings (SSSR count). The monoisotopic (exact) mass is 369 g/mol. The van der Waals surface area contributed by atoms with Crippen LogP contribution in [0.1, 0.15) is 18.5 Å². The van der Waals surface area contributed by atoms with E-state index in [1.165, 1.54) is 6.07 Å². The highest BCUT2D eigenvalue weighted by molar-refractivity contribution is 5.75. The Kier molecular flexibility index (Phi) is 4.81. The number of para-hydroxylation sites is 2. The number of nitrogens with zero attached hydrogens (tertiary/aromatic N) is 3. The number of benzene rings is 1. The summed E-state index contributed by atoms with van der Waals surface area (Å²) in [4.78, 5) is 31.8. The minimum Gasteiger partial charge on any atom is -0.381 e. The van der Waals surface area contributed by atoms with Gasteiger partial charge in [0.15, 0.2) is 0 Å². The number of aromatic nitrogens is 4. The molecule has 2 aromatic heterocycles. The van der Waals surface area contributed by atoms with Crippen molar-refractivity contribution in [2.75, 3.05) is 25.1 Å². The Morgan fingerprint density at radius 2 is 2.11 bits per heavy atom. The zero-order valence-corrected chi connectivity index (χ0v) is 15.3. The number of ether oxygens (including phenoxy) is 1. The first-order chi connectivity index (χ1) is 13.1. The van der Waals surface area contributed by atoms with Crippen LogP contribution in [0.25, 0.3) is 11.0 Å². The van der Waals surface area contributed by atoms with E-state index in [0.29, 0.717) is 24.1 Å². The lowest BCUT2D eigenvalue weighted by Crippen LogP contribution is -2.27. The number of imidazole rings is 1. The van der Waals surface area contributed by atoms with E-state index in [1.54, 1.807) is 16.2 Å². The SMILES string of the molecule is Cn1c(=O)n(Cc2cc(=O)[nH]c(NCC3CCCOC3)n2)c2ccccc21. The Balaban J connectivity index is 1.58. The van der Waals surface area contributed by atoms with E-state index in [9.17, 15) is 9.59 Å². The van der Waals surface area contributed by atoms with Gasteiger partial charge in [0.05, 0.1) is 29.9 Å². The van der Waals surface area contributed by atoms with Crippen LogP contribution < -0.4 is 16.6 Å². The lowest BCUT2D eigenvalue weighted by atomic mass is 10.0. The molecule has 3 heterocycles. The van der Waals surface area contributed by atoms with Gasteiger partial charge in [0, 0.05) is 26.3 Å². The summed E-state index contributed by atoms with van der Waals surface area (Å²) in [5.41, 5.74) is 1.84. The number of fused-ring (bicyclic) bond motifs is 1. The van der Waals surface area contributed by atoms with E-state index in [1.807, 2.05) is 24.3 Å². The Hall–Kier alpha value is -2.87. The fourth-order valence-electron chi connectivity index (χ4n) is 3.56. The highest BCUT2D eigenvalue weighted by atomic mass is 16.5. The molecule has 1 atom stereocenters. The van der Waals surface area contributed by atoms with Gasteiger partial charge in [-0.3, -0.25) is 18.9 Å². The molecule has 1 saturated heterocycles. The van der Waals surface area contributed by atoms with Crippen molar-refractivity contribution in [2.45, 2.75) is 19.4 Å². The topological polar surface area (TPSA) is 93.9 Å². The van der Waals surface area contributed by atoms with E-state index in [2.05, 4.69) is 15.3 Å². The first kappa shape index (κ1) is 17.5. The van der Waals surface area contributed by atoms with Crippen molar-refractivity contribution in [2.24, 2.45) is 13.0 Å². The zero-order valence-electron chi connectivity index (χ0n) is 15.3. The third-order valence-corrected chi connectivity index (χ3v) is 4.98. The molecule has 27 heavy (non-hydrogen) atoms. The van der Waals surface area contributed by atoms with Gasteiger partial charge < -0.3 is 10.1 Å². The fraction of sp³-hybridized carbons (Fsp3) is 0.421. The molecule has 1 unspecified atom stereocenters. The summed E-state index contributed by atoms with van der Waals surface area (Å²) in [7, 11) is 1.74. The predicted octanol–water partition coefficient (Wildman–Crippen LogP) is 1.31. The molecule has 1 aliphatic rings. The van der Waals surface area contributed by atoms with E-state index < -0.39 is 0 Å². The Bertz CT molecular complexity index is 1060. The molecule has 0 aliphatic carbocycles. The van der Waals surface area contributed by atoms with E-state index in [4.69, 9.17) is 4.74 Å². The van der Waals surface area contributed by atoms with Gasteiger partial charge in [-0.2, -0.15) is 0 Å². The standard InChI is InChI=1S/C19H23N5O3/c1-23-15-6-2-3-7-16(15)24(19(23)26)11-14-9-17(25)22-18(21-14)20-10-13-5-4-8-27-12-13/h2-3,6-7,9,13H,4-5,8,10-12H2,1H3,(H2,20,21,22,25). The molecular formula is C19H23N5O3. The molecule has 0 bridgehead atoms. The number of aromatic amines is 1. The van der Waals surface area contributed by atoms with Crippen molar-refractivity contribution in [1.82, 2.24) is 19.1 Å². The average molecular weight is 369 g/mol. The average Bonchev–Trinajstić information content (AvgIpc) is 2.92. The molecule has 3 aromatic rings. The van der Waals surface area contributed by atoms with Gasteiger partial charge >= 0.3 is 5.69 Å². The number of hydrogen-bond donors (Lipinski definition) is 2. The minimum atomic E-state index is -0.240. The van der Waals surface area contributed by atoms with E-state index >= 15 is 0 Å². The van der Waals surface area contributed by atoms with Crippen molar-refractivity contribution in [3.63, 3.8) is 0 Å². The Morgan fingerprint density at radius 3 is 2.89 bits per heavy atom. The van der Waals surface area contributed by atoms with Crippen LogP contribution in [0.5, 0.6) is 0 Å². The number of H-pyrrole nitrogens is 1. The second-order valence-electron chi connectivity index (χ2n) is 6.97. The van der Waals surface area contributed by atoms with E-state index in [-0.39, 0.29) is 17.8 Å². The molecule has 1 aromatic carbocycles. The van der Waals surface area contributed by atoms with Gasteiger partial charge in [0.1, 0.15) is 0 Å². The lowest BCUT2D eigenvalue weighted by Gasteiger charge is -2.22. The van der Waals surface area contributed by atoms with Crippen LogP contribution in [-0.2, 0) is 18.3 Å². The number of aryl methyl sites for hydroxylation is 1. The summed E-state index contributed by atoms with van der Waals surface area (Å²) in [6.07, 6.45) is 2.16. The van der Waals surface area contributed by atoms with Crippen LogP contribution in [0.3, 0.4) is 0 Å². The van der Waals surface area contributed by atoms with Crippen LogP contribution in [0.4, 0.5) is 5.95 Å². The molecule has 2 N–H and O–H groups in total. The smallest absolute Gasteiger partial charge is 0.329 e. The number of rotatable bonds is 5. The quantitative estimate of drug-likeness (QED) is 0.707. The fourth-order valence-corrected chi connectivity index (χ4v) is 3.56. The Morgan fingerprint density at radius 1 is 1.30 bits per heavy atom. The van der Waals surface area contributed by atoms with E-state index in [0.717, 1.165) is 37.1 Å². The summed E-state index contributed by atoms with van der Waals surface area (Å²) in [6, 6.07) is 9.02. The number of nitrogens with one attached hydrogen (secondary N) is 2. The van der Waals surface area contributed by atoms with Gasteiger partial charge in [0.25, 0.3) is 5.56 Å². The molecule has 0 radical (unpaired) electrons. The highest BCUT2D eigenvalue weighted by Crippen LogP contribution is 2.15. The highest BCUT2D eigenvalue weighted by Gasteiger charge is 2.15. The van der Waals surface area contributed by atoms with Crippen molar-refractivity contribution >= 4 is 17.0 Å². The normalized spacial score (nSPS) is 17.3. The maximum Gasteiger partial charge on any atom is 0.329 e. The largest absolute Gasteiger partial charge is 0.381 e. The summed E-state index contributed by atoms with van der Waals surface area (Å²) in [6.45, 7) is 2.48. The molecule has 0 saturated carbocycles. The molecule has 8 heteroatoms. The van der Waals surface area contributed by atoms with Gasteiger partial charge in [0.2, 0.25) is 5.95 Å². The first-order valence-corrected chi connectivity index (χ1v) is 9.18. The number of anilines is 1. The molecule has 0 amide bonds. The maximum atomic E-state index is 12.6. The second kappa shape index (κ2) is 7.40.